The van der Waals surface area contributed by atoms with Crippen LogP contribution >= 0.6 is 27.3 Å². The largest absolute Gasteiger partial charge is 0.383 e. The van der Waals surface area contributed by atoms with Crippen molar-refractivity contribution in [3.8, 4) is 0 Å². The minimum Gasteiger partial charge on any atom is -0.383 e. The quantitative estimate of drug-likeness (QED) is 0.913. The van der Waals surface area contributed by atoms with Gasteiger partial charge in [0, 0.05) is 11.1 Å². The van der Waals surface area contributed by atoms with Crippen molar-refractivity contribution in [2.24, 2.45) is 0 Å². The van der Waals surface area contributed by atoms with E-state index in [0.717, 1.165) is 20.5 Å². The molecule has 0 aliphatic carbocycles. The van der Waals surface area contributed by atoms with Crippen molar-refractivity contribution in [3.63, 3.8) is 0 Å². The summed E-state index contributed by atoms with van der Waals surface area (Å²) in [5, 5.41) is 10.3. The maximum absolute atomic E-state index is 11.5. The molecule has 1 aromatic heterocycles. The van der Waals surface area contributed by atoms with Gasteiger partial charge in [0.1, 0.15) is 6.10 Å². The van der Waals surface area contributed by atoms with E-state index in [1.54, 1.807) is 12.1 Å². The second kappa shape index (κ2) is 5.36. The molecule has 0 radical (unpaired) electrons. The number of benzene rings is 1. The SMILES string of the molecule is Cc1cc(C(O)c2cccc(S(C)(=O)=O)c2)sc1Br. The molecule has 0 aliphatic rings. The zero-order valence-electron chi connectivity index (χ0n) is 10.4. The molecule has 0 aliphatic heterocycles. The maximum atomic E-state index is 11.5. The van der Waals surface area contributed by atoms with E-state index in [1.165, 1.54) is 23.5 Å². The fourth-order valence-corrected chi connectivity index (χ4v) is 3.96. The van der Waals surface area contributed by atoms with Gasteiger partial charge in [-0.1, -0.05) is 12.1 Å². The molecule has 0 saturated carbocycles. The van der Waals surface area contributed by atoms with Crippen LogP contribution in [0.4, 0.5) is 0 Å². The predicted octanol–water partition coefficient (Wildman–Crippen LogP) is 3.30. The molecule has 0 saturated heterocycles. The Hall–Kier alpha value is -0.690. The zero-order chi connectivity index (χ0) is 14.2. The van der Waals surface area contributed by atoms with Gasteiger partial charge in [-0.3, -0.25) is 0 Å². The Balaban J connectivity index is 2.42. The molecule has 0 fully saturated rings. The first kappa shape index (κ1) is 14.7. The van der Waals surface area contributed by atoms with Crippen molar-refractivity contribution in [2.45, 2.75) is 17.9 Å². The van der Waals surface area contributed by atoms with Crippen LogP contribution in [0.5, 0.6) is 0 Å². The predicted molar refractivity (Wildman–Crippen MR) is 80.4 cm³/mol. The molecule has 1 N–H and O–H groups in total. The summed E-state index contributed by atoms with van der Waals surface area (Å²) in [6, 6.07) is 8.31. The topological polar surface area (TPSA) is 54.4 Å². The number of aryl methyl sites for hydroxylation is 1. The average Bonchev–Trinajstić information content (AvgIpc) is 2.68. The highest BCUT2D eigenvalue weighted by Gasteiger charge is 2.16. The molecule has 19 heavy (non-hydrogen) atoms. The first-order valence-corrected chi connectivity index (χ1v) is 9.03. The Kier molecular flexibility index (Phi) is 4.15. The van der Waals surface area contributed by atoms with Crippen molar-refractivity contribution in [2.75, 3.05) is 6.26 Å². The summed E-state index contributed by atoms with van der Waals surface area (Å²) in [6.45, 7) is 1.95. The number of hydrogen-bond acceptors (Lipinski definition) is 4. The molecular formula is C13H13BrO3S2. The second-order valence-corrected chi connectivity index (χ2v) is 8.77. The average molecular weight is 361 g/mol. The van der Waals surface area contributed by atoms with E-state index < -0.39 is 15.9 Å². The van der Waals surface area contributed by atoms with Crippen LogP contribution in [0.15, 0.2) is 39.0 Å². The van der Waals surface area contributed by atoms with Crippen LogP contribution in [0.25, 0.3) is 0 Å². The lowest BCUT2D eigenvalue weighted by atomic mass is 10.1. The third kappa shape index (κ3) is 3.25. The molecule has 0 spiro atoms. The van der Waals surface area contributed by atoms with Crippen molar-refractivity contribution in [1.82, 2.24) is 0 Å². The molecule has 2 aromatic rings. The first-order valence-electron chi connectivity index (χ1n) is 5.53. The lowest BCUT2D eigenvalue weighted by Crippen LogP contribution is -2.01. The Bertz CT molecular complexity index is 685. The highest BCUT2D eigenvalue weighted by atomic mass is 79.9. The fourth-order valence-electron chi connectivity index (χ4n) is 1.70. The molecule has 0 bridgehead atoms. The summed E-state index contributed by atoms with van der Waals surface area (Å²) in [6.07, 6.45) is 0.349. The molecule has 6 heteroatoms. The Morgan fingerprint density at radius 1 is 1.32 bits per heavy atom. The highest BCUT2D eigenvalue weighted by Crippen LogP contribution is 2.34. The number of sulfone groups is 1. The number of hydrogen-bond donors (Lipinski definition) is 1. The Morgan fingerprint density at radius 2 is 2.00 bits per heavy atom. The van der Waals surface area contributed by atoms with Crippen LogP contribution in [0.2, 0.25) is 0 Å². The minimum atomic E-state index is -3.26. The number of halogens is 1. The third-order valence-corrected chi connectivity index (χ3v) is 6.05. The summed E-state index contributed by atoms with van der Waals surface area (Å²) in [5.41, 5.74) is 1.63. The van der Waals surface area contributed by atoms with Gasteiger partial charge in [-0.25, -0.2) is 8.42 Å². The molecule has 1 atom stereocenters. The maximum Gasteiger partial charge on any atom is 0.175 e. The summed E-state index contributed by atoms with van der Waals surface area (Å²) in [7, 11) is -3.26. The van der Waals surface area contributed by atoms with Gasteiger partial charge < -0.3 is 5.11 Å². The van der Waals surface area contributed by atoms with E-state index >= 15 is 0 Å². The van der Waals surface area contributed by atoms with Gasteiger partial charge in [-0.05, 0) is 52.2 Å². The van der Waals surface area contributed by atoms with E-state index in [-0.39, 0.29) is 4.90 Å². The second-order valence-electron chi connectivity index (χ2n) is 4.35. The van der Waals surface area contributed by atoms with Crippen LogP contribution in [-0.4, -0.2) is 19.8 Å². The summed E-state index contributed by atoms with van der Waals surface area (Å²) in [5.74, 6) is 0. The lowest BCUT2D eigenvalue weighted by Gasteiger charge is -2.10. The summed E-state index contributed by atoms with van der Waals surface area (Å²) in [4.78, 5) is 1.01. The molecule has 0 amide bonds. The third-order valence-electron chi connectivity index (χ3n) is 2.75. The van der Waals surface area contributed by atoms with E-state index in [9.17, 15) is 13.5 Å². The zero-order valence-corrected chi connectivity index (χ0v) is 13.6. The van der Waals surface area contributed by atoms with Crippen molar-refractivity contribution in [3.05, 3.63) is 50.1 Å². The Morgan fingerprint density at radius 3 is 2.53 bits per heavy atom. The van der Waals surface area contributed by atoms with Crippen LogP contribution in [0, 0.1) is 6.92 Å². The van der Waals surface area contributed by atoms with Gasteiger partial charge in [0.15, 0.2) is 9.84 Å². The summed E-state index contributed by atoms with van der Waals surface area (Å²) >= 11 is 4.86. The summed E-state index contributed by atoms with van der Waals surface area (Å²) < 4.78 is 24.0. The monoisotopic (exact) mass is 360 g/mol. The van der Waals surface area contributed by atoms with Crippen molar-refractivity contribution >= 4 is 37.1 Å². The molecular weight excluding hydrogens is 348 g/mol. The van der Waals surface area contributed by atoms with Crippen LogP contribution in [0.3, 0.4) is 0 Å². The molecule has 1 unspecified atom stereocenters. The minimum absolute atomic E-state index is 0.219. The highest BCUT2D eigenvalue weighted by molar-refractivity contribution is 9.11. The number of aliphatic hydroxyl groups excluding tert-OH is 1. The van der Waals surface area contributed by atoms with Gasteiger partial charge >= 0.3 is 0 Å². The van der Waals surface area contributed by atoms with Crippen LogP contribution in [-0.2, 0) is 9.84 Å². The smallest absolute Gasteiger partial charge is 0.175 e. The Labute approximate surface area is 125 Å². The number of aliphatic hydroxyl groups is 1. The lowest BCUT2D eigenvalue weighted by molar-refractivity contribution is 0.224. The fraction of sp³-hybridized carbons (Fsp3) is 0.231. The van der Waals surface area contributed by atoms with Gasteiger partial charge in [0.05, 0.1) is 8.68 Å². The van der Waals surface area contributed by atoms with Gasteiger partial charge in [-0.2, -0.15) is 0 Å². The van der Waals surface area contributed by atoms with Gasteiger partial charge in [0.2, 0.25) is 0 Å². The van der Waals surface area contributed by atoms with Crippen molar-refractivity contribution < 1.29 is 13.5 Å². The number of rotatable bonds is 3. The van der Waals surface area contributed by atoms with E-state index in [2.05, 4.69) is 15.9 Å². The molecule has 102 valence electrons. The van der Waals surface area contributed by atoms with Gasteiger partial charge in [0.25, 0.3) is 0 Å². The molecule has 3 nitrogen and oxygen atoms in total. The van der Waals surface area contributed by atoms with Crippen molar-refractivity contribution in [1.29, 1.82) is 0 Å². The molecule has 1 heterocycles. The van der Waals surface area contributed by atoms with Crippen LogP contribution < -0.4 is 0 Å². The standard InChI is InChI=1S/C13H13BrO3S2/c1-8-6-11(18-13(8)14)12(15)9-4-3-5-10(7-9)19(2,16)17/h3-7,12,15H,1-2H3. The van der Waals surface area contributed by atoms with E-state index in [0.29, 0.717) is 5.56 Å². The van der Waals surface area contributed by atoms with E-state index in [4.69, 9.17) is 0 Å². The molecule has 2 rings (SSSR count). The number of thiophene rings is 1. The van der Waals surface area contributed by atoms with Crippen LogP contribution in [0.1, 0.15) is 22.1 Å². The van der Waals surface area contributed by atoms with Gasteiger partial charge in [-0.15, -0.1) is 11.3 Å². The first-order chi connectivity index (χ1) is 8.79. The normalized spacial score (nSPS) is 13.5. The van der Waals surface area contributed by atoms with E-state index in [1.807, 2.05) is 13.0 Å². The molecule has 1 aromatic carbocycles.